The minimum Gasteiger partial charge on any atom is -0.394 e. The molecule has 5 heteroatoms. The van der Waals surface area contributed by atoms with Crippen LogP contribution in [-0.2, 0) is 0 Å². The standard InChI is InChI=1S/C14H16ClN3O/c15-13-14(18-8-4-3-5-10(18)9-19)17-12-7-2-1-6-11(12)16-13/h1-2,6-7,10,19H,3-5,8-9H2/t10-/m1/s1. The fourth-order valence-corrected chi connectivity index (χ4v) is 2.86. The monoisotopic (exact) mass is 277 g/mol. The van der Waals surface area contributed by atoms with E-state index in [0.29, 0.717) is 11.0 Å². The first-order valence-electron chi connectivity index (χ1n) is 6.59. The van der Waals surface area contributed by atoms with E-state index in [4.69, 9.17) is 11.6 Å². The molecule has 0 unspecified atom stereocenters. The number of rotatable bonds is 2. The third-order valence-electron chi connectivity index (χ3n) is 3.62. The molecule has 0 spiro atoms. The minimum absolute atomic E-state index is 0.0988. The van der Waals surface area contributed by atoms with Crippen LogP contribution in [0.25, 0.3) is 11.0 Å². The molecular weight excluding hydrogens is 262 g/mol. The zero-order chi connectivity index (χ0) is 13.2. The van der Waals surface area contributed by atoms with Gasteiger partial charge < -0.3 is 10.0 Å². The van der Waals surface area contributed by atoms with E-state index >= 15 is 0 Å². The fraction of sp³-hybridized carbons (Fsp3) is 0.429. The van der Waals surface area contributed by atoms with Crippen LogP contribution in [0.5, 0.6) is 0 Å². The van der Waals surface area contributed by atoms with Gasteiger partial charge in [-0.1, -0.05) is 23.7 Å². The lowest BCUT2D eigenvalue weighted by atomic mass is 10.0. The number of hydrogen-bond acceptors (Lipinski definition) is 4. The zero-order valence-corrected chi connectivity index (χ0v) is 11.3. The zero-order valence-electron chi connectivity index (χ0n) is 10.6. The van der Waals surface area contributed by atoms with E-state index in [2.05, 4.69) is 14.9 Å². The Morgan fingerprint density at radius 2 is 1.95 bits per heavy atom. The van der Waals surface area contributed by atoms with Gasteiger partial charge in [-0.05, 0) is 31.4 Å². The number of para-hydroxylation sites is 2. The molecule has 1 saturated heterocycles. The number of aliphatic hydroxyl groups is 1. The van der Waals surface area contributed by atoms with Gasteiger partial charge in [-0.2, -0.15) is 0 Å². The Labute approximate surface area is 117 Å². The van der Waals surface area contributed by atoms with Crippen LogP contribution in [0.1, 0.15) is 19.3 Å². The molecule has 4 nitrogen and oxygen atoms in total. The van der Waals surface area contributed by atoms with Crippen molar-refractivity contribution in [3.63, 3.8) is 0 Å². The van der Waals surface area contributed by atoms with Crippen molar-refractivity contribution in [3.05, 3.63) is 29.4 Å². The van der Waals surface area contributed by atoms with Gasteiger partial charge in [0.2, 0.25) is 0 Å². The lowest BCUT2D eigenvalue weighted by Gasteiger charge is -2.35. The van der Waals surface area contributed by atoms with Crippen molar-refractivity contribution in [2.75, 3.05) is 18.1 Å². The number of aliphatic hydroxyl groups excluding tert-OH is 1. The van der Waals surface area contributed by atoms with Gasteiger partial charge in [0, 0.05) is 6.54 Å². The predicted octanol–water partition coefficient (Wildman–Crippen LogP) is 2.63. The molecule has 0 saturated carbocycles. The summed E-state index contributed by atoms with van der Waals surface area (Å²) in [5, 5.41) is 9.91. The van der Waals surface area contributed by atoms with Crippen molar-refractivity contribution in [2.24, 2.45) is 0 Å². The van der Waals surface area contributed by atoms with Crippen LogP contribution in [0, 0.1) is 0 Å². The molecule has 1 aliphatic heterocycles. The van der Waals surface area contributed by atoms with E-state index < -0.39 is 0 Å². The summed E-state index contributed by atoms with van der Waals surface area (Å²) < 4.78 is 0. The molecule has 2 aromatic rings. The third-order valence-corrected chi connectivity index (χ3v) is 3.87. The first-order valence-corrected chi connectivity index (χ1v) is 6.97. The van der Waals surface area contributed by atoms with Crippen molar-refractivity contribution >= 4 is 28.5 Å². The summed E-state index contributed by atoms with van der Waals surface area (Å²) >= 11 is 6.26. The number of hydrogen-bond donors (Lipinski definition) is 1. The maximum atomic E-state index is 9.49. The van der Waals surface area contributed by atoms with Gasteiger partial charge in [-0.3, -0.25) is 0 Å². The summed E-state index contributed by atoms with van der Waals surface area (Å²) in [6.07, 6.45) is 3.21. The SMILES string of the molecule is OC[C@H]1CCCCN1c1nc2ccccc2nc1Cl. The van der Waals surface area contributed by atoms with Gasteiger partial charge in [0.25, 0.3) is 0 Å². The number of anilines is 1. The van der Waals surface area contributed by atoms with Crippen molar-refractivity contribution in [1.82, 2.24) is 9.97 Å². The molecule has 0 amide bonds. The van der Waals surface area contributed by atoms with Gasteiger partial charge in [0.15, 0.2) is 11.0 Å². The van der Waals surface area contributed by atoms with Crippen LogP contribution in [-0.4, -0.2) is 34.3 Å². The second kappa shape index (κ2) is 5.31. The van der Waals surface area contributed by atoms with Crippen LogP contribution < -0.4 is 4.90 Å². The average molecular weight is 278 g/mol. The van der Waals surface area contributed by atoms with E-state index in [1.807, 2.05) is 24.3 Å². The van der Waals surface area contributed by atoms with Crippen molar-refractivity contribution < 1.29 is 5.11 Å². The molecule has 0 aliphatic carbocycles. The highest BCUT2D eigenvalue weighted by Crippen LogP contribution is 2.29. The number of halogens is 1. The van der Waals surface area contributed by atoms with Gasteiger partial charge in [-0.25, -0.2) is 9.97 Å². The lowest BCUT2D eigenvalue weighted by molar-refractivity contribution is 0.239. The van der Waals surface area contributed by atoms with Crippen LogP contribution >= 0.6 is 11.6 Å². The maximum Gasteiger partial charge on any atom is 0.172 e. The molecule has 100 valence electrons. The van der Waals surface area contributed by atoms with E-state index in [-0.39, 0.29) is 12.6 Å². The molecule has 0 radical (unpaired) electrons. The Bertz CT molecular complexity index is 590. The Kier molecular flexibility index (Phi) is 3.53. The van der Waals surface area contributed by atoms with Gasteiger partial charge >= 0.3 is 0 Å². The van der Waals surface area contributed by atoms with Crippen LogP contribution in [0.3, 0.4) is 0 Å². The summed E-state index contributed by atoms with van der Waals surface area (Å²) in [4.78, 5) is 11.1. The molecular formula is C14H16ClN3O. The minimum atomic E-state index is 0.0988. The highest BCUT2D eigenvalue weighted by Gasteiger charge is 2.25. The quantitative estimate of drug-likeness (QED) is 0.917. The Morgan fingerprint density at radius 1 is 1.21 bits per heavy atom. The molecule has 2 heterocycles. The van der Waals surface area contributed by atoms with Crippen LogP contribution in [0.15, 0.2) is 24.3 Å². The second-order valence-corrected chi connectivity index (χ2v) is 5.21. The molecule has 1 aliphatic rings. The summed E-state index contributed by atoms with van der Waals surface area (Å²) in [6, 6.07) is 7.79. The summed E-state index contributed by atoms with van der Waals surface area (Å²) in [5.41, 5.74) is 1.64. The van der Waals surface area contributed by atoms with Crippen molar-refractivity contribution in [3.8, 4) is 0 Å². The fourth-order valence-electron chi connectivity index (χ4n) is 2.62. The summed E-state index contributed by atoms with van der Waals surface area (Å²) in [5.74, 6) is 0.694. The molecule has 0 bridgehead atoms. The van der Waals surface area contributed by atoms with Gasteiger partial charge in [0.1, 0.15) is 0 Å². The average Bonchev–Trinajstić information content (AvgIpc) is 2.46. The Balaban J connectivity index is 2.05. The van der Waals surface area contributed by atoms with Gasteiger partial charge in [-0.15, -0.1) is 0 Å². The molecule has 1 fully saturated rings. The topological polar surface area (TPSA) is 49.2 Å². The molecule has 3 rings (SSSR count). The molecule has 1 N–H and O–H groups in total. The van der Waals surface area contributed by atoms with Crippen LogP contribution in [0.4, 0.5) is 5.82 Å². The number of nitrogens with zero attached hydrogens (tertiary/aromatic N) is 3. The van der Waals surface area contributed by atoms with Gasteiger partial charge in [0.05, 0.1) is 23.7 Å². The highest BCUT2D eigenvalue weighted by atomic mass is 35.5. The van der Waals surface area contributed by atoms with Crippen molar-refractivity contribution in [2.45, 2.75) is 25.3 Å². The third kappa shape index (κ3) is 2.38. The van der Waals surface area contributed by atoms with E-state index in [0.717, 1.165) is 36.8 Å². The Morgan fingerprint density at radius 3 is 2.68 bits per heavy atom. The van der Waals surface area contributed by atoms with E-state index in [9.17, 15) is 5.11 Å². The molecule has 19 heavy (non-hydrogen) atoms. The molecule has 1 atom stereocenters. The number of fused-ring (bicyclic) bond motifs is 1. The van der Waals surface area contributed by atoms with E-state index in [1.165, 1.54) is 0 Å². The number of aromatic nitrogens is 2. The van der Waals surface area contributed by atoms with E-state index in [1.54, 1.807) is 0 Å². The first-order chi connectivity index (χ1) is 9.29. The molecule has 1 aromatic carbocycles. The predicted molar refractivity (Wildman–Crippen MR) is 76.6 cm³/mol. The number of piperidine rings is 1. The smallest absolute Gasteiger partial charge is 0.172 e. The summed E-state index contributed by atoms with van der Waals surface area (Å²) in [6.45, 7) is 1.00. The second-order valence-electron chi connectivity index (χ2n) is 4.85. The van der Waals surface area contributed by atoms with Crippen LogP contribution in [0.2, 0.25) is 5.15 Å². The lowest BCUT2D eigenvalue weighted by Crippen LogP contribution is -2.42. The summed E-state index contributed by atoms with van der Waals surface area (Å²) in [7, 11) is 0. The van der Waals surface area contributed by atoms with Crippen molar-refractivity contribution in [1.29, 1.82) is 0 Å². The first kappa shape index (κ1) is 12.6. The maximum absolute atomic E-state index is 9.49. The number of benzene rings is 1. The Hall–Kier alpha value is -1.39. The normalized spacial score (nSPS) is 19.9. The molecule has 1 aromatic heterocycles. The highest BCUT2D eigenvalue weighted by molar-refractivity contribution is 6.32. The largest absolute Gasteiger partial charge is 0.394 e.